The fourth-order valence-electron chi connectivity index (χ4n) is 7.64. The number of aromatic amines is 1. The fraction of sp³-hybridized carbons (Fsp3) is 0.471. The second-order valence-corrected chi connectivity index (χ2v) is 12.1. The van der Waals surface area contributed by atoms with Crippen LogP contribution in [0.15, 0.2) is 78.1 Å². The Bertz CT molecular complexity index is 1410. The second kappa shape index (κ2) is 11.0. The lowest BCUT2D eigenvalue weighted by atomic mass is 9.53. The normalized spacial score (nSPS) is 38.4. The number of nitrogens with one attached hydrogen (secondary N) is 2. The Morgan fingerprint density at radius 1 is 1.07 bits per heavy atom. The minimum Gasteiger partial charge on any atom is -0.386 e. The predicted octanol–water partition coefficient (Wildman–Crippen LogP) is 5.36. The van der Waals surface area contributed by atoms with Crippen LogP contribution in [0.5, 0.6) is 0 Å². The first-order valence-corrected chi connectivity index (χ1v) is 14.6. The van der Waals surface area contributed by atoms with Gasteiger partial charge in [0, 0.05) is 40.9 Å². The second-order valence-electron chi connectivity index (χ2n) is 12.1. The van der Waals surface area contributed by atoms with Crippen molar-refractivity contribution >= 4 is 22.6 Å². The van der Waals surface area contributed by atoms with Crippen molar-refractivity contribution < 1.29 is 19.8 Å². The van der Waals surface area contributed by atoms with Crippen molar-refractivity contribution in [2.45, 2.75) is 71.6 Å². The third-order valence-electron chi connectivity index (χ3n) is 9.70. The average Bonchev–Trinajstić information content (AvgIpc) is 3.50. The molecule has 1 fully saturated rings. The highest BCUT2D eigenvalue weighted by molar-refractivity contribution is 6.14. The molecule has 6 nitrogen and oxygen atoms in total. The van der Waals surface area contributed by atoms with Crippen LogP contribution in [0.3, 0.4) is 0 Å². The maximum atomic E-state index is 14.4. The molecule has 4 N–H and O–H groups in total. The van der Waals surface area contributed by atoms with Crippen LogP contribution in [0.25, 0.3) is 10.9 Å². The van der Waals surface area contributed by atoms with Gasteiger partial charge in [0.15, 0.2) is 5.78 Å². The van der Waals surface area contributed by atoms with Gasteiger partial charge in [-0.05, 0) is 67.9 Å². The molecule has 1 amide bonds. The van der Waals surface area contributed by atoms with Gasteiger partial charge in [-0.1, -0.05) is 68.8 Å². The largest absolute Gasteiger partial charge is 0.386 e. The number of aromatic nitrogens is 1. The Kier molecular flexibility index (Phi) is 7.77. The van der Waals surface area contributed by atoms with Crippen molar-refractivity contribution in [1.29, 1.82) is 0 Å². The summed E-state index contributed by atoms with van der Waals surface area (Å²) in [5.41, 5.74) is 2.68. The van der Waals surface area contributed by atoms with Crippen molar-refractivity contribution in [2.24, 2.45) is 29.1 Å². The molecular formula is C34H42N2O4. The standard InChI is InChI=1S/C34H42N2O4/c1-6-24-20(3)17-23-11-9-10-19(2)16-21(4)32(39)28(37)14-15-29(38)34(23)30(24)31(36-33(34)40)22(5)26-18-35-27-13-8-7-12-25(26)27/h7-9,11-19,22-24,28,30-32,35,37,39H,6,10H2,1-5H3,(H,36,40)/b11-9+,15-14+,21-16+/t19-,22?,23-,24+,28-,30-,31-,32+,34+/m0/s1. The van der Waals surface area contributed by atoms with Crippen LogP contribution in [-0.2, 0) is 9.59 Å². The zero-order chi connectivity index (χ0) is 28.8. The number of fused-ring (bicyclic) bond motifs is 1. The van der Waals surface area contributed by atoms with Gasteiger partial charge in [0.05, 0.1) is 0 Å². The van der Waals surface area contributed by atoms with E-state index in [-0.39, 0.29) is 41.4 Å². The molecule has 9 atom stereocenters. The minimum absolute atomic E-state index is 0.0349. The van der Waals surface area contributed by atoms with Crippen molar-refractivity contribution in [2.75, 3.05) is 0 Å². The van der Waals surface area contributed by atoms with Crippen molar-refractivity contribution in [1.82, 2.24) is 10.3 Å². The lowest BCUT2D eigenvalue weighted by Gasteiger charge is -2.46. The Balaban J connectivity index is 1.66. The van der Waals surface area contributed by atoms with E-state index < -0.39 is 23.5 Å². The average molecular weight is 543 g/mol. The van der Waals surface area contributed by atoms with Gasteiger partial charge in [0.2, 0.25) is 5.91 Å². The molecule has 0 radical (unpaired) electrons. The van der Waals surface area contributed by atoms with Crippen LogP contribution in [0.2, 0.25) is 0 Å². The molecule has 1 aliphatic heterocycles. The quantitative estimate of drug-likeness (QED) is 0.310. The summed E-state index contributed by atoms with van der Waals surface area (Å²) in [5.74, 6) is -1.17. The predicted molar refractivity (Wildman–Crippen MR) is 158 cm³/mol. The van der Waals surface area contributed by atoms with E-state index in [1.807, 2.05) is 36.5 Å². The molecule has 1 aromatic heterocycles. The molecule has 1 unspecified atom stereocenters. The van der Waals surface area contributed by atoms with E-state index in [9.17, 15) is 19.8 Å². The number of aliphatic hydroxyl groups excluding tert-OH is 2. The van der Waals surface area contributed by atoms with Crippen LogP contribution < -0.4 is 5.32 Å². The van der Waals surface area contributed by atoms with E-state index in [0.29, 0.717) is 12.0 Å². The summed E-state index contributed by atoms with van der Waals surface area (Å²) in [4.78, 5) is 32.0. The summed E-state index contributed by atoms with van der Waals surface area (Å²) >= 11 is 0. The molecule has 40 heavy (non-hydrogen) atoms. The van der Waals surface area contributed by atoms with E-state index >= 15 is 0 Å². The third kappa shape index (κ3) is 4.51. The molecule has 1 aromatic carbocycles. The number of aliphatic hydroxyl groups is 2. The monoisotopic (exact) mass is 542 g/mol. The summed E-state index contributed by atoms with van der Waals surface area (Å²) in [5, 5.41) is 25.9. The molecule has 1 saturated heterocycles. The van der Waals surface area contributed by atoms with Crippen LogP contribution in [-0.4, -0.2) is 45.1 Å². The lowest BCUT2D eigenvalue weighted by Crippen LogP contribution is -2.52. The molecule has 5 rings (SSSR count). The first-order valence-electron chi connectivity index (χ1n) is 14.6. The molecule has 2 heterocycles. The summed E-state index contributed by atoms with van der Waals surface area (Å²) in [6, 6.07) is 7.90. The Morgan fingerprint density at radius 3 is 2.58 bits per heavy atom. The first kappa shape index (κ1) is 28.3. The maximum absolute atomic E-state index is 14.4. The minimum atomic E-state index is -1.34. The smallest absolute Gasteiger partial charge is 0.235 e. The molecular weight excluding hydrogens is 500 g/mol. The van der Waals surface area contributed by atoms with Crippen LogP contribution in [0.4, 0.5) is 0 Å². The van der Waals surface area contributed by atoms with Crippen molar-refractivity contribution in [3.05, 3.63) is 83.6 Å². The van der Waals surface area contributed by atoms with Crippen molar-refractivity contribution in [3.63, 3.8) is 0 Å². The van der Waals surface area contributed by atoms with E-state index in [4.69, 9.17) is 0 Å². The maximum Gasteiger partial charge on any atom is 0.235 e. The number of ketones is 1. The topological polar surface area (TPSA) is 102 Å². The lowest BCUT2D eigenvalue weighted by molar-refractivity contribution is -0.142. The van der Waals surface area contributed by atoms with Crippen LogP contribution in [0, 0.1) is 29.1 Å². The van der Waals surface area contributed by atoms with Gasteiger partial charge in [0.25, 0.3) is 0 Å². The van der Waals surface area contributed by atoms with Gasteiger partial charge in [-0.3, -0.25) is 9.59 Å². The first-order chi connectivity index (χ1) is 19.1. The molecule has 6 heteroatoms. The number of carbonyl (C=O) groups excluding carboxylic acids is 2. The summed E-state index contributed by atoms with van der Waals surface area (Å²) in [6.07, 6.45) is 12.0. The number of benzene rings is 1. The molecule has 0 bridgehead atoms. The SMILES string of the molecule is CC[C@@H]1C(C)=C[C@@H]2/C=C/C[C@H](C)/C=C(\C)[C@@H](O)[C@@H](O)/C=C/C(=O)[C@]23C(=O)N[C@@H](C(C)c2c[nH]c4ccccc24)[C@H]13. The van der Waals surface area contributed by atoms with E-state index in [0.717, 1.165) is 22.9 Å². The number of allylic oxidation sites excluding steroid dienone is 6. The number of para-hydroxylation sites is 1. The zero-order valence-corrected chi connectivity index (χ0v) is 24.1. The highest BCUT2D eigenvalue weighted by atomic mass is 16.3. The number of amides is 1. The van der Waals surface area contributed by atoms with E-state index in [1.54, 1.807) is 6.92 Å². The summed E-state index contributed by atoms with van der Waals surface area (Å²) in [7, 11) is 0. The van der Waals surface area contributed by atoms with Crippen LogP contribution >= 0.6 is 0 Å². The summed E-state index contributed by atoms with van der Waals surface area (Å²) < 4.78 is 0. The molecule has 3 aliphatic rings. The van der Waals surface area contributed by atoms with Gasteiger partial charge in [-0.25, -0.2) is 0 Å². The van der Waals surface area contributed by atoms with Gasteiger partial charge in [0.1, 0.15) is 17.6 Å². The van der Waals surface area contributed by atoms with E-state index in [1.165, 1.54) is 17.7 Å². The molecule has 212 valence electrons. The van der Waals surface area contributed by atoms with Gasteiger partial charge < -0.3 is 20.5 Å². The summed E-state index contributed by atoms with van der Waals surface area (Å²) in [6.45, 7) is 10.2. The van der Waals surface area contributed by atoms with Gasteiger partial charge in [-0.15, -0.1) is 0 Å². The number of rotatable bonds is 3. The Morgan fingerprint density at radius 2 is 1.82 bits per heavy atom. The Labute approximate surface area is 236 Å². The highest BCUT2D eigenvalue weighted by Gasteiger charge is 2.66. The fourth-order valence-corrected chi connectivity index (χ4v) is 7.64. The molecule has 2 aliphatic carbocycles. The van der Waals surface area contributed by atoms with Crippen molar-refractivity contribution in [3.8, 4) is 0 Å². The molecule has 1 spiro atoms. The molecule has 0 saturated carbocycles. The number of hydrogen-bond donors (Lipinski definition) is 4. The zero-order valence-electron chi connectivity index (χ0n) is 24.1. The number of carbonyl (C=O) groups is 2. The number of hydrogen-bond acceptors (Lipinski definition) is 4. The van der Waals surface area contributed by atoms with Gasteiger partial charge in [-0.2, -0.15) is 0 Å². The number of H-pyrrole nitrogens is 1. The van der Waals surface area contributed by atoms with Crippen LogP contribution in [0.1, 0.15) is 58.9 Å². The Hall–Kier alpha value is -3.22. The third-order valence-corrected chi connectivity index (χ3v) is 9.70. The van der Waals surface area contributed by atoms with Gasteiger partial charge >= 0.3 is 0 Å². The van der Waals surface area contributed by atoms with E-state index in [2.05, 4.69) is 56.2 Å². The molecule has 2 aromatic rings. The highest BCUT2D eigenvalue weighted by Crippen LogP contribution is 2.57.